The summed E-state index contributed by atoms with van der Waals surface area (Å²) in [6.07, 6.45) is 6.64. The summed E-state index contributed by atoms with van der Waals surface area (Å²) in [5, 5.41) is 0. The number of piperidine rings is 2. The molecule has 0 radical (unpaired) electrons. The Kier molecular flexibility index (Phi) is 6.97. The van der Waals surface area contributed by atoms with Gasteiger partial charge in [-0.2, -0.15) is 0 Å². The first kappa shape index (κ1) is 22.2. The van der Waals surface area contributed by atoms with E-state index in [-0.39, 0.29) is 30.2 Å². The zero-order chi connectivity index (χ0) is 22.5. The summed E-state index contributed by atoms with van der Waals surface area (Å²) < 4.78 is 18.5. The second kappa shape index (κ2) is 10.1. The molecule has 2 saturated heterocycles. The third-order valence-corrected chi connectivity index (χ3v) is 6.19. The first-order valence-corrected chi connectivity index (χ1v) is 11.3. The Morgan fingerprint density at radius 2 is 1.78 bits per heavy atom. The van der Waals surface area contributed by atoms with Gasteiger partial charge in [0.25, 0.3) is 11.8 Å². The van der Waals surface area contributed by atoms with Crippen LogP contribution >= 0.6 is 0 Å². The summed E-state index contributed by atoms with van der Waals surface area (Å²) in [4.78, 5) is 38.3. The van der Waals surface area contributed by atoms with E-state index in [0.29, 0.717) is 35.9 Å². The van der Waals surface area contributed by atoms with Crippen LogP contribution in [0.5, 0.6) is 5.75 Å². The van der Waals surface area contributed by atoms with E-state index in [1.807, 2.05) is 11.8 Å². The Morgan fingerprint density at radius 3 is 2.50 bits per heavy atom. The average Bonchev–Trinajstić information content (AvgIpc) is 2.83. The van der Waals surface area contributed by atoms with Gasteiger partial charge in [-0.15, -0.1) is 0 Å². The molecule has 32 heavy (non-hydrogen) atoms. The lowest BCUT2D eigenvalue weighted by atomic mass is 9.96. The summed E-state index contributed by atoms with van der Waals surface area (Å²) >= 11 is 0. The highest BCUT2D eigenvalue weighted by atomic mass is 19.1. The predicted molar refractivity (Wildman–Crippen MR) is 117 cm³/mol. The predicted octanol–water partition coefficient (Wildman–Crippen LogP) is 3.34. The molecule has 0 N–H and O–H groups in total. The summed E-state index contributed by atoms with van der Waals surface area (Å²) in [6, 6.07) is 5.61. The monoisotopic (exact) mass is 440 g/mol. The number of ether oxygens (including phenoxy) is 1. The Labute approximate surface area is 187 Å². The van der Waals surface area contributed by atoms with Crippen molar-refractivity contribution < 1.29 is 18.7 Å². The number of amides is 2. The number of halogens is 1. The lowest BCUT2D eigenvalue weighted by Gasteiger charge is -2.32. The van der Waals surface area contributed by atoms with E-state index in [9.17, 15) is 14.0 Å². The number of hydrogen-bond acceptors (Lipinski definition) is 5. The van der Waals surface area contributed by atoms with Crippen LogP contribution in [-0.4, -0.2) is 64.4 Å². The maximum atomic E-state index is 13.0. The maximum Gasteiger partial charge on any atom is 0.260 e. The SMILES string of the molecule is Cc1nc([C@@H]2CCCN(C(=O)COc3ccc(F)cc3)C2)ncc1C(=O)N1CCCCC1. The second-order valence-corrected chi connectivity index (χ2v) is 8.50. The van der Waals surface area contributed by atoms with Gasteiger partial charge in [-0.1, -0.05) is 0 Å². The molecule has 8 heteroatoms. The number of aromatic nitrogens is 2. The minimum Gasteiger partial charge on any atom is -0.484 e. The van der Waals surface area contributed by atoms with Crippen LogP contribution in [0.3, 0.4) is 0 Å². The third-order valence-electron chi connectivity index (χ3n) is 6.19. The number of aryl methyl sites for hydroxylation is 1. The largest absolute Gasteiger partial charge is 0.484 e. The molecule has 4 rings (SSSR count). The molecule has 0 spiro atoms. The van der Waals surface area contributed by atoms with Crippen LogP contribution in [0.25, 0.3) is 0 Å². The minimum atomic E-state index is -0.346. The molecule has 170 valence electrons. The van der Waals surface area contributed by atoms with Crippen LogP contribution in [0.4, 0.5) is 4.39 Å². The van der Waals surface area contributed by atoms with Crippen LogP contribution in [0.1, 0.15) is 59.9 Å². The van der Waals surface area contributed by atoms with E-state index in [2.05, 4.69) is 9.97 Å². The van der Waals surface area contributed by atoms with Gasteiger partial charge in [0.2, 0.25) is 0 Å². The number of carbonyl (C=O) groups excluding carboxylic acids is 2. The van der Waals surface area contributed by atoms with Crippen LogP contribution in [-0.2, 0) is 4.79 Å². The first-order chi connectivity index (χ1) is 15.5. The van der Waals surface area contributed by atoms with Crippen molar-refractivity contribution in [1.29, 1.82) is 0 Å². The van der Waals surface area contributed by atoms with Crippen LogP contribution in [0.15, 0.2) is 30.5 Å². The van der Waals surface area contributed by atoms with Gasteiger partial charge >= 0.3 is 0 Å². The zero-order valence-electron chi connectivity index (χ0n) is 18.4. The van der Waals surface area contributed by atoms with Crippen molar-refractivity contribution in [3.05, 3.63) is 53.4 Å². The molecule has 2 amide bonds. The number of benzene rings is 1. The van der Waals surface area contributed by atoms with Crippen molar-refractivity contribution in [3.63, 3.8) is 0 Å². The Balaban J connectivity index is 1.37. The van der Waals surface area contributed by atoms with Crippen LogP contribution < -0.4 is 4.74 Å². The molecule has 2 fully saturated rings. The standard InChI is InChI=1S/C24H29FN4O3/c1-17-21(24(31)28-11-3-2-4-12-28)14-26-23(27-17)18-6-5-13-29(15-18)22(30)16-32-20-9-7-19(25)8-10-20/h7-10,14,18H,2-6,11-13,15-16H2,1H3/t18-/m1/s1. The van der Waals surface area contributed by atoms with Crippen molar-refractivity contribution in [1.82, 2.24) is 19.8 Å². The molecule has 0 aliphatic carbocycles. The summed E-state index contributed by atoms with van der Waals surface area (Å²) in [7, 11) is 0. The number of nitrogens with zero attached hydrogens (tertiary/aromatic N) is 4. The summed E-state index contributed by atoms with van der Waals surface area (Å²) in [5.41, 5.74) is 1.25. The van der Waals surface area contributed by atoms with Crippen molar-refractivity contribution in [2.24, 2.45) is 0 Å². The highest BCUT2D eigenvalue weighted by molar-refractivity contribution is 5.95. The smallest absolute Gasteiger partial charge is 0.260 e. The molecular formula is C24H29FN4O3. The average molecular weight is 441 g/mol. The summed E-state index contributed by atoms with van der Waals surface area (Å²) in [5.74, 6) is 0.702. The van der Waals surface area contributed by atoms with Gasteiger partial charge in [-0.05, 0) is 63.3 Å². The minimum absolute atomic E-state index is 0.00661. The lowest BCUT2D eigenvalue weighted by Crippen LogP contribution is -2.42. The highest BCUT2D eigenvalue weighted by Crippen LogP contribution is 2.26. The van der Waals surface area contributed by atoms with E-state index in [1.54, 1.807) is 11.1 Å². The van der Waals surface area contributed by atoms with E-state index in [1.165, 1.54) is 30.7 Å². The van der Waals surface area contributed by atoms with E-state index < -0.39 is 0 Å². The number of likely N-dealkylation sites (tertiary alicyclic amines) is 2. The van der Waals surface area contributed by atoms with Crippen LogP contribution in [0.2, 0.25) is 0 Å². The van der Waals surface area contributed by atoms with Crippen molar-refractivity contribution in [3.8, 4) is 5.75 Å². The molecule has 3 heterocycles. The van der Waals surface area contributed by atoms with Gasteiger partial charge in [-0.25, -0.2) is 14.4 Å². The quantitative estimate of drug-likeness (QED) is 0.713. The Morgan fingerprint density at radius 1 is 1.06 bits per heavy atom. The first-order valence-electron chi connectivity index (χ1n) is 11.3. The van der Waals surface area contributed by atoms with Gasteiger partial charge in [-0.3, -0.25) is 9.59 Å². The fourth-order valence-corrected chi connectivity index (χ4v) is 4.34. The normalized spacial score (nSPS) is 19.0. The number of rotatable bonds is 5. The Bertz CT molecular complexity index is 960. The fourth-order valence-electron chi connectivity index (χ4n) is 4.34. The molecule has 7 nitrogen and oxygen atoms in total. The summed E-state index contributed by atoms with van der Waals surface area (Å²) in [6.45, 7) is 4.52. The van der Waals surface area contributed by atoms with E-state index >= 15 is 0 Å². The Hall–Kier alpha value is -3.03. The number of carbonyl (C=O) groups is 2. The van der Waals surface area contributed by atoms with E-state index in [0.717, 1.165) is 38.8 Å². The van der Waals surface area contributed by atoms with E-state index in [4.69, 9.17) is 4.74 Å². The molecule has 0 unspecified atom stereocenters. The lowest BCUT2D eigenvalue weighted by molar-refractivity contribution is -0.134. The van der Waals surface area contributed by atoms with Crippen molar-refractivity contribution in [2.75, 3.05) is 32.8 Å². The van der Waals surface area contributed by atoms with Gasteiger partial charge in [0.05, 0.1) is 11.3 Å². The molecule has 0 saturated carbocycles. The van der Waals surface area contributed by atoms with Gasteiger partial charge in [0.15, 0.2) is 6.61 Å². The number of hydrogen-bond donors (Lipinski definition) is 0. The third kappa shape index (κ3) is 5.23. The maximum absolute atomic E-state index is 13.0. The molecule has 1 aromatic heterocycles. The molecule has 2 aromatic rings. The molecule has 2 aliphatic heterocycles. The molecule has 1 aromatic carbocycles. The molecule has 2 aliphatic rings. The van der Waals surface area contributed by atoms with Gasteiger partial charge in [0.1, 0.15) is 17.4 Å². The van der Waals surface area contributed by atoms with Crippen LogP contribution in [0, 0.1) is 12.7 Å². The second-order valence-electron chi connectivity index (χ2n) is 8.50. The van der Waals surface area contributed by atoms with Gasteiger partial charge < -0.3 is 14.5 Å². The fraction of sp³-hybridized carbons (Fsp3) is 0.500. The molecular weight excluding hydrogens is 411 g/mol. The van der Waals surface area contributed by atoms with Crippen molar-refractivity contribution >= 4 is 11.8 Å². The van der Waals surface area contributed by atoms with Gasteiger partial charge in [0, 0.05) is 38.3 Å². The molecule has 0 bridgehead atoms. The zero-order valence-corrected chi connectivity index (χ0v) is 18.4. The molecule has 1 atom stereocenters. The topological polar surface area (TPSA) is 75.6 Å². The van der Waals surface area contributed by atoms with Crippen molar-refractivity contribution in [2.45, 2.75) is 44.9 Å². The highest BCUT2D eigenvalue weighted by Gasteiger charge is 2.28.